The third-order valence-corrected chi connectivity index (χ3v) is 3.91. The maximum absolute atomic E-state index is 12.7. The number of benzene rings is 2. The SMILES string of the molecule is Cc1ccc(C(=O)N2CCC(O)c3ccccc32)cc1O. The molecule has 4 nitrogen and oxygen atoms in total. The fourth-order valence-corrected chi connectivity index (χ4v) is 2.65. The number of aryl methyl sites for hydroxylation is 1. The molecule has 2 N–H and O–H groups in total. The van der Waals surface area contributed by atoms with E-state index in [0.29, 0.717) is 18.5 Å². The molecule has 108 valence electrons. The molecule has 3 rings (SSSR count). The quantitative estimate of drug-likeness (QED) is 0.846. The third-order valence-electron chi connectivity index (χ3n) is 3.91. The number of aliphatic hydroxyl groups excluding tert-OH is 1. The highest BCUT2D eigenvalue weighted by Gasteiger charge is 2.28. The minimum absolute atomic E-state index is 0.117. The molecule has 0 saturated carbocycles. The molecule has 2 aromatic rings. The number of fused-ring (bicyclic) bond motifs is 1. The Morgan fingerprint density at radius 2 is 2.00 bits per heavy atom. The van der Waals surface area contributed by atoms with E-state index in [0.717, 1.165) is 16.8 Å². The Hall–Kier alpha value is -2.33. The molecule has 1 amide bonds. The van der Waals surface area contributed by atoms with E-state index in [2.05, 4.69) is 0 Å². The lowest BCUT2D eigenvalue weighted by Crippen LogP contribution is -2.36. The number of carbonyl (C=O) groups excluding carboxylic acids is 1. The molecule has 0 bridgehead atoms. The maximum atomic E-state index is 12.7. The van der Waals surface area contributed by atoms with E-state index >= 15 is 0 Å². The number of rotatable bonds is 1. The van der Waals surface area contributed by atoms with Crippen molar-refractivity contribution in [2.24, 2.45) is 0 Å². The van der Waals surface area contributed by atoms with Crippen LogP contribution in [-0.2, 0) is 0 Å². The molecular weight excluding hydrogens is 266 g/mol. The zero-order valence-corrected chi connectivity index (χ0v) is 11.8. The molecule has 1 aliphatic heterocycles. The predicted molar refractivity (Wildman–Crippen MR) is 80.5 cm³/mol. The van der Waals surface area contributed by atoms with E-state index in [1.165, 1.54) is 6.07 Å². The van der Waals surface area contributed by atoms with Crippen molar-refractivity contribution in [2.45, 2.75) is 19.4 Å². The number of carbonyl (C=O) groups is 1. The highest BCUT2D eigenvalue weighted by atomic mass is 16.3. The minimum Gasteiger partial charge on any atom is -0.508 e. The summed E-state index contributed by atoms with van der Waals surface area (Å²) in [5.41, 5.74) is 2.69. The summed E-state index contributed by atoms with van der Waals surface area (Å²) < 4.78 is 0. The van der Waals surface area contributed by atoms with Gasteiger partial charge in [-0.05, 0) is 37.1 Å². The first-order valence-electron chi connectivity index (χ1n) is 6.96. The minimum atomic E-state index is -0.531. The van der Waals surface area contributed by atoms with Gasteiger partial charge in [0.2, 0.25) is 0 Å². The third kappa shape index (κ3) is 2.38. The van der Waals surface area contributed by atoms with Gasteiger partial charge in [0.25, 0.3) is 5.91 Å². The first-order chi connectivity index (χ1) is 10.1. The molecule has 1 aliphatic rings. The number of anilines is 1. The average Bonchev–Trinajstić information content (AvgIpc) is 2.50. The summed E-state index contributed by atoms with van der Waals surface area (Å²) in [6.07, 6.45) is -0.0164. The van der Waals surface area contributed by atoms with Crippen LogP contribution in [0.15, 0.2) is 42.5 Å². The Morgan fingerprint density at radius 3 is 2.76 bits per heavy atom. The lowest BCUT2D eigenvalue weighted by atomic mass is 9.98. The normalized spacial score (nSPS) is 17.4. The molecule has 0 radical (unpaired) electrons. The number of hydrogen-bond acceptors (Lipinski definition) is 3. The highest BCUT2D eigenvalue weighted by molar-refractivity contribution is 6.07. The number of phenolic OH excluding ortho intramolecular Hbond substituents is 1. The summed E-state index contributed by atoms with van der Waals surface area (Å²) in [7, 11) is 0. The Bertz CT molecular complexity index is 696. The van der Waals surface area contributed by atoms with Crippen LogP contribution < -0.4 is 4.90 Å². The molecule has 4 heteroatoms. The lowest BCUT2D eigenvalue weighted by molar-refractivity contribution is 0.0970. The topological polar surface area (TPSA) is 60.8 Å². The van der Waals surface area contributed by atoms with Crippen LogP contribution in [0, 0.1) is 6.92 Å². The first-order valence-corrected chi connectivity index (χ1v) is 6.96. The number of aromatic hydroxyl groups is 1. The predicted octanol–water partition coefficient (Wildman–Crippen LogP) is 2.78. The van der Waals surface area contributed by atoms with Gasteiger partial charge in [0, 0.05) is 23.4 Å². The molecule has 1 heterocycles. The van der Waals surface area contributed by atoms with Crippen LogP contribution in [0.25, 0.3) is 0 Å². The van der Waals surface area contributed by atoms with Crippen LogP contribution >= 0.6 is 0 Å². The van der Waals surface area contributed by atoms with Gasteiger partial charge >= 0.3 is 0 Å². The van der Waals surface area contributed by atoms with E-state index in [9.17, 15) is 15.0 Å². The highest BCUT2D eigenvalue weighted by Crippen LogP contribution is 2.34. The van der Waals surface area contributed by atoms with Crippen molar-refractivity contribution in [2.75, 3.05) is 11.4 Å². The van der Waals surface area contributed by atoms with Crippen LogP contribution in [0.1, 0.15) is 34.0 Å². The Kier molecular flexibility index (Phi) is 3.39. The zero-order chi connectivity index (χ0) is 15.0. The van der Waals surface area contributed by atoms with Gasteiger partial charge in [-0.25, -0.2) is 0 Å². The Morgan fingerprint density at radius 1 is 1.24 bits per heavy atom. The summed E-state index contributed by atoms with van der Waals surface area (Å²) in [6, 6.07) is 12.3. The summed E-state index contributed by atoms with van der Waals surface area (Å²) in [6.45, 7) is 2.25. The van der Waals surface area contributed by atoms with Gasteiger partial charge in [-0.2, -0.15) is 0 Å². The van der Waals surface area contributed by atoms with Crippen molar-refractivity contribution in [3.63, 3.8) is 0 Å². The van der Waals surface area contributed by atoms with E-state index in [1.54, 1.807) is 24.0 Å². The van der Waals surface area contributed by atoms with Gasteiger partial charge in [-0.3, -0.25) is 4.79 Å². The Labute approximate surface area is 123 Å². The van der Waals surface area contributed by atoms with Crippen molar-refractivity contribution in [3.05, 3.63) is 59.2 Å². The molecule has 1 atom stereocenters. The molecule has 0 saturated heterocycles. The molecule has 0 spiro atoms. The molecule has 0 fully saturated rings. The number of nitrogens with zero attached hydrogens (tertiary/aromatic N) is 1. The van der Waals surface area contributed by atoms with Crippen LogP contribution in [0.5, 0.6) is 5.75 Å². The van der Waals surface area contributed by atoms with Crippen LogP contribution in [-0.4, -0.2) is 22.7 Å². The van der Waals surface area contributed by atoms with Gasteiger partial charge in [-0.1, -0.05) is 24.3 Å². The second kappa shape index (κ2) is 5.22. The van der Waals surface area contributed by atoms with Gasteiger partial charge in [0.05, 0.1) is 6.10 Å². The van der Waals surface area contributed by atoms with E-state index < -0.39 is 6.10 Å². The van der Waals surface area contributed by atoms with E-state index in [-0.39, 0.29) is 11.7 Å². The summed E-state index contributed by atoms with van der Waals surface area (Å²) in [4.78, 5) is 14.3. The summed E-state index contributed by atoms with van der Waals surface area (Å²) in [5, 5.41) is 19.8. The number of para-hydroxylation sites is 1. The van der Waals surface area contributed by atoms with Crippen molar-refractivity contribution in [3.8, 4) is 5.75 Å². The monoisotopic (exact) mass is 283 g/mol. The second-order valence-corrected chi connectivity index (χ2v) is 5.32. The smallest absolute Gasteiger partial charge is 0.258 e. The molecule has 1 unspecified atom stereocenters. The number of aliphatic hydroxyl groups is 1. The van der Waals surface area contributed by atoms with Crippen molar-refractivity contribution < 1.29 is 15.0 Å². The van der Waals surface area contributed by atoms with Gasteiger partial charge in [0.1, 0.15) is 5.75 Å². The largest absolute Gasteiger partial charge is 0.508 e. The Balaban J connectivity index is 1.99. The molecule has 21 heavy (non-hydrogen) atoms. The van der Waals surface area contributed by atoms with Crippen molar-refractivity contribution in [1.29, 1.82) is 0 Å². The zero-order valence-electron chi connectivity index (χ0n) is 11.8. The molecule has 0 aliphatic carbocycles. The van der Waals surface area contributed by atoms with Gasteiger partial charge < -0.3 is 15.1 Å². The molecular formula is C17H17NO3. The fraction of sp³-hybridized carbons (Fsp3) is 0.235. The molecule has 0 aromatic heterocycles. The average molecular weight is 283 g/mol. The number of amides is 1. The summed E-state index contributed by atoms with van der Waals surface area (Å²) >= 11 is 0. The second-order valence-electron chi connectivity index (χ2n) is 5.32. The van der Waals surface area contributed by atoms with Gasteiger partial charge in [-0.15, -0.1) is 0 Å². The van der Waals surface area contributed by atoms with Crippen LogP contribution in [0.3, 0.4) is 0 Å². The van der Waals surface area contributed by atoms with Gasteiger partial charge in [0.15, 0.2) is 0 Å². The van der Waals surface area contributed by atoms with E-state index in [1.807, 2.05) is 24.3 Å². The fourth-order valence-electron chi connectivity index (χ4n) is 2.65. The van der Waals surface area contributed by atoms with Crippen molar-refractivity contribution >= 4 is 11.6 Å². The van der Waals surface area contributed by atoms with Crippen LogP contribution in [0.2, 0.25) is 0 Å². The maximum Gasteiger partial charge on any atom is 0.258 e. The molecule has 2 aromatic carbocycles. The standard InChI is InChI=1S/C17H17NO3/c1-11-6-7-12(10-16(11)20)17(21)18-9-8-15(19)13-4-2-3-5-14(13)18/h2-7,10,15,19-20H,8-9H2,1H3. The van der Waals surface area contributed by atoms with E-state index in [4.69, 9.17) is 0 Å². The van der Waals surface area contributed by atoms with Crippen LogP contribution in [0.4, 0.5) is 5.69 Å². The number of phenols is 1. The number of hydrogen-bond donors (Lipinski definition) is 2. The first kappa shape index (κ1) is 13.6. The van der Waals surface area contributed by atoms with Crippen molar-refractivity contribution in [1.82, 2.24) is 0 Å². The summed E-state index contributed by atoms with van der Waals surface area (Å²) in [5.74, 6) is -0.0455. The lowest BCUT2D eigenvalue weighted by Gasteiger charge is -2.32.